The van der Waals surface area contributed by atoms with E-state index in [-0.39, 0.29) is 18.1 Å². The summed E-state index contributed by atoms with van der Waals surface area (Å²) in [5, 5.41) is 5.36. The van der Waals surface area contributed by atoms with Crippen LogP contribution < -0.4 is 16.4 Å². The second-order valence-corrected chi connectivity index (χ2v) is 7.58. The molecule has 0 aliphatic heterocycles. The molecule has 4 bridgehead atoms. The summed E-state index contributed by atoms with van der Waals surface area (Å²) in [6.07, 6.45) is 7.08. The molecule has 4 N–H and O–H groups in total. The molecule has 4 fully saturated rings. The van der Waals surface area contributed by atoms with E-state index in [1.807, 2.05) is 0 Å². The lowest BCUT2D eigenvalue weighted by molar-refractivity contribution is -0.151. The van der Waals surface area contributed by atoms with Crippen LogP contribution in [0.3, 0.4) is 0 Å². The number of carbonyl (C=O) groups excluding carboxylic acids is 3. The number of hydrogen-bond acceptors (Lipinski definition) is 4. The largest absolute Gasteiger partial charge is 0.454 e. The Labute approximate surface area is 135 Å². The van der Waals surface area contributed by atoms with Crippen molar-refractivity contribution in [2.24, 2.45) is 23.5 Å². The van der Waals surface area contributed by atoms with Crippen molar-refractivity contribution in [1.29, 1.82) is 0 Å². The molecule has 4 aliphatic carbocycles. The number of rotatable bonds is 5. The molecule has 0 saturated heterocycles. The van der Waals surface area contributed by atoms with Crippen molar-refractivity contribution in [2.75, 3.05) is 6.61 Å². The van der Waals surface area contributed by atoms with Crippen LogP contribution in [0.4, 0.5) is 4.79 Å². The summed E-state index contributed by atoms with van der Waals surface area (Å²) in [4.78, 5) is 34.5. The third-order valence-corrected chi connectivity index (χ3v) is 5.50. The first-order valence-electron chi connectivity index (χ1n) is 8.39. The van der Waals surface area contributed by atoms with Gasteiger partial charge in [-0.1, -0.05) is 0 Å². The second kappa shape index (κ2) is 6.02. The fourth-order valence-electron chi connectivity index (χ4n) is 5.13. The molecule has 0 heterocycles. The number of carbonyl (C=O) groups is 3. The quantitative estimate of drug-likeness (QED) is 0.646. The summed E-state index contributed by atoms with van der Waals surface area (Å²) in [7, 11) is 0. The predicted molar refractivity (Wildman–Crippen MR) is 82.2 cm³/mol. The van der Waals surface area contributed by atoms with Gasteiger partial charge in [-0.15, -0.1) is 0 Å². The zero-order valence-corrected chi connectivity index (χ0v) is 13.5. The maximum atomic E-state index is 12.2. The molecule has 4 aliphatic rings. The van der Waals surface area contributed by atoms with Crippen molar-refractivity contribution in [2.45, 2.75) is 57.0 Å². The van der Waals surface area contributed by atoms with Crippen LogP contribution in [-0.4, -0.2) is 36.1 Å². The zero-order valence-electron chi connectivity index (χ0n) is 13.5. The molecule has 0 aromatic heterocycles. The standard InChI is InChI=1S/C16H25N3O4/c1-9(18-15(17)22)14(21)23-8-13(20)19-16-5-10-2-11(6-16)4-12(3-10)7-16/h9-12H,2-8H2,1H3,(H,19,20)(H3,17,18,22)/t9-,10?,11?,12?,16?/m1/s1. The molecule has 23 heavy (non-hydrogen) atoms. The van der Waals surface area contributed by atoms with E-state index < -0.39 is 18.0 Å². The Bertz CT molecular complexity index is 484. The summed E-state index contributed by atoms with van der Waals surface area (Å²) >= 11 is 0. The molecule has 4 rings (SSSR count). The lowest BCUT2D eigenvalue weighted by atomic mass is 9.53. The van der Waals surface area contributed by atoms with Crippen LogP contribution in [-0.2, 0) is 14.3 Å². The predicted octanol–water partition coefficient (Wildman–Crippen LogP) is 0.671. The van der Waals surface area contributed by atoms with Crippen LogP contribution in [0.1, 0.15) is 45.4 Å². The van der Waals surface area contributed by atoms with Gasteiger partial charge in [0.15, 0.2) is 6.61 Å². The number of ether oxygens (including phenoxy) is 1. The highest BCUT2D eigenvalue weighted by atomic mass is 16.5. The Morgan fingerprint density at radius 3 is 2.13 bits per heavy atom. The summed E-state index contributed by atoms with van der Waals surface area (Å²) in [5.41, 5.74) is 4.86. The molecule has 128 valence electrons. The van der Waals surface area contributed by atoms with E-state index in [1.165, 1.54) is 26.2 Å². The minimum atomic E-state index is -0.861. The van der Waals surface area contributed by atoms with Gasteiger partial charge in [0.25, 0.3) is 5.91 Å². The van der Waals surface area contributed by atoms with Gasteiger partial charge in [0.05, 0.1) is 0 Å². The van der Waals surface area contributed by atoms with E-state index in [0.29, 0.717) is 0 Å². The highest BCUT2D eigenvalue weighted by molar-refractivity contribution is 5.85. The number of esters is 1. The molecule has 1 atom stereocenters. The Morgan fingerprint density at radius 1 is 1.13 bits per heavy atom. The molecule has 7 nitrogen and oxygen atoms in total. The Balaban J connectivity index is 1.48. The lowest BCUT2D eigenvalue weighted by Crippen LogP contribution is -2.60. The first-order chi connectivity index (χ1) is 10.8. The third kappa shape index (κ3) is 3.59. The molecule has 3 amide bonds. The van der Waals surface area contributed by atoms with Crippen LogP contribution in [0.2, 0.25) is 0 Å². The van der Waals surface area contributed by atoms with Gasteiger partial charge >= 0.3 is 12.0 Å². The molecular formula is C16H25N3O4. The van der Waals surface area contributed by atoms with Crippen LogP contribution >= 0.6 is 0 Å². The first-order valence-corrected chi connectivity index (χ1v) is 8.39. The van der Waals surface area contributed by atoms with E-state index in [9.17, 15) is 14.4 Å². The van der Waals surface area contributed by atoms with Crippen molar-refractivity contribution in [3.8, 4) is 0 Å². The van der Waals surface area contributed by atoms with E-state index in [2.05, 4.69) is 10.6 Å². The Kier molecular flexibility index (Phi) is 4.21. The first kappa shape index (κ1) is 16.1. The molecule has 0 radical (unpaired) electrons. The Morgan fingerprint density at radius 2 is 1.65 bits per heavy atom. The van der Waals surface area contributed by atoms with Crippen LogP contribution in [0, 0.1) is 17.8 Å². The van der Waals surface area contributed by atoms with Gasteiger partial charge in [-0.3, -0.25) is 4.79 Å². The van der Waals surface area contributed by atoms with Crippen LogP contribution in [0.5, 0.6) is 0 Å². The molecule has 4 saturated carbocycles. The topological polar surface area (TPSA) is 111 Å². The Hall–Kier alpha value is -1.79. The fraction of sp³-hybridized carbons (Fsp3) is 0.812. The number of amides is 3. The summed E-state index contributed by atoms with van der Waals surface area (Å²) in [6.45, 7) is 1.15. The molecule has 7 heteroatoms. The molecule has 0 unspecified atom stereocenters. The number of hydrogen-bond donors (Lipinski definition) is 3. The van der Waals surface area contributed by atoms with Gasteiger partial charge in [0, 0.05) is 5.54 Å². The van der Waals surface area contributed by atoms with Crippen molar-refractivity contribution >= 4 is 17.9 Å². The van der Waals surface area contributed by atoms with E-state index in [1.54, 1.807) is 0 Å². The fourth-order valence-corrected chi connectivity index (χ4v) is 5.13. The smallest absolute Gasteiger partial charge is 0.328 e. The number of urea groups is 1. The normalized spacial score (nSPS) is 35.4. The number of nitrogens with two attached hydrogens (primary N) is 1. The van der Waals surface area contributed by atoms with Gasteiger partial charge in [0.1, 0.15) is 6.04 Å². The van der Waals surface area contributed by atoms with Crippen molar-refractivity contribution in [3.63, 3.8) is 0 Å². The molecule has 0 aromatic carbocycles. The maximum absolute atomic E-state index is 12.2. The van der Waals surface area contributed by atoms with Crippen molar-refractivity contribution < 1.29 is 19.1 Å². The van der Waals surface area contributed by atoms with Crippen molar-refractivity contribution in [1.82, 2.24) is 10.6 Å². The third-order valence-electron chi connectivity index (χ3n) is 5.50. The van der Waals surface area contributed by atoms with Gasteiger partial charge in [0.2, 0.25) is 0 Å². The number of nitrogens with one attached hydrogen (secondary N) is 2. The van der Waals surface area contributed by atoms with E-state index >= 15 is 0 Å². The van der Waals surface area contributed by atoms with Crippen molar-refractivity contribution in [3.05, 3.63) is 0 Å². The molecular weight excluding hydrogens is 298 g/mol. The summed E-state index contributed by atoms with van der Waals surface area (Å²) in [6, 6.07) is -1.66. The highest BCUT2D eigenvalue weighted by Gasteiger charge is 2.51. The average Bonchev–Trinajstić information content (AvgIpc) is 2.41. The second-order valence-electron chi connectivity index (χ2n) is 7.58. The van der Waals surface area contributed by atoms with E-state index in [0.717, 1.165) is 37.0 Å². The van der Waals surface area contributed by atoms with Gasteiger partial charge in [-0.25, -0.2) is 9.59 Å². The number of primary amides is 1. The van der Waals surface area contributed by atoms with Crippen LogP contribution in [0.25, 0.3) is 0 Å². The maximum Gasteiger partial charge on any atom is 0.328 e. The van der Waals surface area contributed by atoms with Crippen LogP contribution in [0.15, 0.2) is 0 Å². The van der Waals surface area contributed by atoms with Gasteiger partial charge in [-0.2, -0.15) is 0 Å². The summed E-state index contributed by atoms with van der Waals surface area (Å²) < 4.78 is 4.96. The molecule has 0 spiro atoms. The van der Waals surface area contributed by atoms with E-state index in [4.69, 9.17) is 10.5 Å². The van der Waals surface area contributed by atoms with Gasteiger partial charge < -0.3 is 21.1 Å². The highest BCUT2D eigenvalue weighted by Crippen LogP contribution is 2.55. The lowest BCUT2D eigenvalue weighted by Gasteiger charge is -2.56. The zero-order chi connectivity index (χ0) is 16.6. The minimum Gasteiger partial charge on any atom is -0.454 e. The summed E-state index contributed by atoms with van der Waals surface area (Å²) in [5.74, 6) is 1.30. The SMILES string of the molecule is C[C@@H](NC(N)=O)C(=O)OCC(=O)NC12CC3CC(CC(C3)C1)C2. The van der Waals surface area contributed by atoms with Gasteiger partial charge in [-0.05, 0) is 63.2 Å². The minimum absolute atomic E-state index is 0.0880. The average molecular weight is 323 g/mol. The monoisotopic (exact) mass is 323 g/mol. The molecule has 0 aromatic rings.